The van der Waals surface area contributed by atoms with E-state index in [2.05, 4.69) is 6.58 Å². The van der Waals surface area contributed by atoms with E-state index in [4.69, 9.17) is 9.47 Å². The molecule has 0 amide bonds. The molecule has 0 N–H and O–H groups in total. The maximum Gasteiger partial charge on any atom is 0.334 e. The van der Waals surface area contributed by atoms with Gasteiger partial charge in [0.15, 0.2) is 0 Å². The highest BCUT2D eigenvalue weighted by atomic mass is 16.6. The molecular weight excluding hydrogens is 220 g/mol. The van der Waals surface area contributed by atoms with Gasteiger partial charge in [0, 0.05) is 17.6 Å². The SMILES string of the molecule is C=C1C(=O)O[C@@H]2C[C@H](C)C3=CC(=O)O[C@@H]3C[C@H]12. The summed E-state index contributed by atoms with van der Waals surface area (Å²) in [5.74, 6) is -0.373. The Morgan fingerprint density at radius 3 is 2.82 bits per heavy atom. The van der Waals surface area contributed by atoms with Crippen molar-refractivity contribution in [2.75, 3.05) is 0 Å². The van der Waals surface area contributed by atoms with Gasteiger partial charge in [-0.1, -0.05) is 13.5 Å². The van der Waals surface area contributed by atoms with E-state index in [1.165, 1.54) is 0 Å². The summed E-state index contributed by atoms with van der Waals surface area (Å²) in [5.41, 5.74) is 1.56. The molecule has 0 radical (unpaired) electrons. The van der Waals surface area contributed by atoms with E-state index in [0.717, 1.165) is 12.0 Å². The molecule has 4 nitrogen and oxygen atoms in total. The number of carbonyl (C=O) groups excluding carboxylic acids is 2. The van der Waals surface area contributed by atoms with E-state index in [0.29, 0.717) is 12.0 Å². The zero-order valence-electron chi connectivity index (χ0n) is 9.64. The van der Waals surface area contributed by atoms with Crippen molar-refractivity contribution in [3.05, 3.63) is 23.8 Å². The summed E-state index contributed by atoms with van der Waals surface area (Å²) in [5, 5.41) is 0. The summed E-state index contributed by atoms with van der Waals surface area (Å²) >= 11 is 0. The standard InChI is InChI=1S/C13H14O4/c1-6-3-10-9(7(2)13(15)17-10)4-11-8(6)5-12(14)16-11/h5-6,9-11H,2-4H2,1H3/t6-,9+,10+,11+/m0/s1. The molecule has 0 aromatic heterocycles. The molecule has 17 heavy (non-hydrogen) atoms. The lowest BCUT2D eigenvalue weighted by molar-refractivity contribution is -0.141. The minimum atomic E-state index is -0.302. The minimum absolute atomic E-state index is 0.00764. The Morgan fingerprint density at radius 2 is 2.06 bits per heavy atom. The first-order chi connectivity index (χ1) is 8.06. The van der Waals surface area contributed by atoms with Crippen molar-refractivity contribution < 1.29 is 19.1 Å². The van der Waals surface area contributed by atoms with Crippen LogP contribution >= 0.6 is 0 Å². The van der Waals surface area contributed by atoms with Crippen LogP contribution in [0.2, 0.25) is 0 Å². The lowest BCUT2D eigenvalue weighted by atomic mass is 9.91. The maximum absolute atomic E-state index is 11.5. The average molecular weight is 234 g/mol. The van der Waals surface area contributed by atoms with Gasteiger partial charge in [-0.2, -0.15) is 0 Å². The van der Waals surface area contributed by atoms with Gasteiger partial charge in [0.05, 0.1) is 0 Å². The Balaban J connectivity index is 1.93. The van der Waals surface area contributed by atoms with Crippen LogP contribution in [0.5, 0.6) is 0 Å². The highest BCUT2D eigenvalue weighted by Gasteiger charge is 2.46. The van der Waals surface area contributed by atoms with Crippen molar-refractivity contribution in [2.24, 2.45) is 11.8 Å². The molecule has 3 rings (SSSR count). The van der Waals surface area contributed by atoms with Crippen molar-refractivity contribution in [3.8, 4) is 0 Å². The normalized spacial score (nSPS) is 40.1. The Bertz CT molecular complexity index is 448. The summed E-state index contributed by atoms with van der Waals surface area (Å²) < 4.78 is 10.6. The first-order valence-electron chi connectivity index (χ1n) is 5.88. The highest BCUT2D eigenvalue weighted by Crippen LogP contribution is 2.43. The molecule has 1 saturated heterocycles. The second kappa shape index (κ2) is 3.45. The summed E-state index contributed by atoms with van der Waals surface area (Å²) in [4.78, 5) is 22.8. The number of hydrogen-bond donors (Lipinski definition) is 0. The molecule has 0 aromatic carbocycles. The molecule has 0 unspecified atom stereocenters. The van der Waals surface area contributed by atoms with Gasteiger partial charge in [-0.25, -0.2) is 9.59 Å². The third-order valence-corrected chi connectivity index (χ3v) is 3.95. The number of esters is 2. The second-order valence-corrected chi connectivity index (χ2v) is 5.02. The zero-order valence-corrected chi connectivity index (χ0v) is 9.64. The van der Waals surface area contributed by atoms with Crippen LogP contribution in [0.25, 0.3) is 0 Å². The maximum atomic E-state index is 11.5. The van der Waals surface area contributed by atoms with Crippen molar-refractivity contribution in [3.63, 3.8) is 0 Å². The molecule has 2 fully saturated rings. The number of hydrogen-bond acceptors (Lipinski definition) is 4. The third kappa shape index (κ3) is 1.51. The van der Waals surface area contributed by atoms with Crippen LogP contribution in [0.3, 0.4) is 0 Å². The van der Waals surface area contributed by atoms with Crippen LogP contribution < -0.4 is 0 Å². The third-order valence-electron chi connectivity index (χ3n) is 3.95. The smallest absolute Gasteiger partial charge is 0.334 e. The summed E-state index contributed by atoms with van der Waals surface area (Å²) in [6.07, 6.45) is 2.65. The Hall–Kier alpha value is -1.58. The zero-order chi connectivity index (χ0) is 12.2. The van der Waals surface area contributed by atoms with Gasteiger partial charge in [-0.05, 0) is 24.3 Å². The lowest BCUT2D eigenvalue weighted by Crippen LogP contribution is -2.19. The minimum Gasteiger partial charge on any atom is -0.458 e. The summed E-state index contributed by atoms with van der Waals surface area (Å²) in [6.45, 7) is 5.82. The van der Waals surface area contributed by atoms with Crippen LogP contribution in [0.1, 0.15) is 19.8 Å². The van der Waals surface area contributed by atoms with Crippen LogP contribution in [0.15, 0.2) is 23.8 Å². The van der Waals surface area contributed by atoms with Crippen molar-refractivity contribution in [1.82, 2.24) is 0 Å². The Morgan fingerprint density at radius 1 is 1.29 bits per heavy atom. The number of ether oxygens (including phenoxy) is 2. The molecule has 0 bridgehead atoms. The molecule has 4 heteroatoms. The molecule has 2 aliphatic heterocycles. The number of fused-ring (bicyclic) bond motifs is 2. The van der Waals surface area contributed by atoms with E-state index >= 15 is 0 Å². The van der Waals surface area contributed by atoms with Gasteiger partial charge >= 0.3 is 11.9 Å². The van der Waals surface area contributed by atoms with Gasteiger partial charge in [0.1, 0.15) is 12.2 Å². The largest absolute Gasteiger partial charge is 0.458 e. The first kappa shape index (κ1) is 10.6. The fourth-order valence-corrected chi connectivity index (χ4v) is 3.01. The molecule has 3 aliphatic rings. The quantitative estimate of drug-likeness (QED) is 0.469. The molecule has 1 aliphatic carbocycles. The summed E-state index contributed by atoms with van der Waals surface area (Å²) in [7, 11) is 0. The fraction of sp³-hybridized carbons (Fsp3) is 0.538. The van der Waals surface area contributed by atoms with Gasteiger partial charge < -0.3 is 9.47 Å². The van der Waals surface area contributed by atoms with E-state index in [1.54, 1.807) is 6.08 Å². The fourth-order valence-electron chi connectivity index (χ4n) is 3.01. The molecule has 90 valence electrons. The van der Waals surface area contributed by atoms with E-state index in [1.807, 2.05) is 6.92 Å². The average Bonchev–Trinajstić information content (AvgIpc) is 2.71. The molecule has 4 atom stereocenters. The first-order valence-corrected chi connectivity index (χ1v) is 5.88. The van der Waals surface area contributed by atoms with Gasteiger partial charge in [0.25, 0.3) is 0 Å². The molecule has 2 heterocycles. The number of carbonyl (C=O) groups is 2. The number of rotatable bonds is 0. The van der Waals surface area contributed by atoms with Crippen molar-refractivity contribution in [1.29, 1.82) is 0 Å². The van der Waals surface area contributed by atoms with Gasteiger partial charge in [-0.3, -0.25) is 0 Å². The van der Waals surface area contributed by atoms with E-state index in [9.17, 15) is 9.59 Å². The predicted octanol–water partition coefficient (Wildman–Crippen LogP) is 1.37. The Labute approximate surface area is 99.3 Å². The monoisotopic (exact) mass is 234 g/mol. The van der Waals surface area contributed by atoms with E-state index in [-0.39, 0.29) is 36.0 Å². The van der Waals surface area contributed by atoms with Crippen LogP contribution in [0, 0.1) is 11.8 Å². The van der Waals surface area contributed by atoms with Crippen molar-refractivity contribution >= 4 is 11.9 Å². The molecule has 0 aromatic rings. The van der Waals surface area contributed by atoms with Crippen LogP contribution in [0.4, 0.5) is 0 Å². The van der Waals surface area contributed by atoms with Crippen LogP contribution in [-0.2, 0) is 19.1 Å². The van der Waals surface area contributed by atoms with Gasteiger partial charge in [0.2, 0.25) is 0 Å². The topological polar surface area (TPSA) is 52.6 Å². The highest BCUT2D eigenvalue weighted by molar-refractivity contribution is 5.91. The van der Waals surface area contributed by atoms with Gasteiger partial charge in [-0.15, -0.1) is 0 Å². The van der Waals surface area contributed by atoms with Crippen molar-refractivity contribution in [2.45, 2.75) is 32.0 Å². The molecule has 0 spiro atoms. The van der Waals surface area contributed by atoms with E-state index < -0.39 is 0 Å². The molecule has 1 saturated carbocycles. The summed E-state index contributed by atoms with van der Waals surface area (Å²) in [6, 6.07) is 0. The lowest BCUT2D eigenvalue weighted by Gasteiger charge is -2.16. The molecular formula is C13H14O4. The predicted molar refractivity (Wildman–Crippen MR) is 58.9 cm³/mol. The Kier molecular flexibility index (Phi) is 2.15. The van der Waals surface area contributed by atoms with Crippen LogP contribution in [-0.4, -0.2) is 24.1 Å². The second-order valence-electron chi connectivity index (χ2n) is 5.02.